The molecule has 2 N–H and O–H groups in total. The number of nitrogens with zero attached hydrogens (tertiary/aromatic N) is 1. The highest BCUT2D eigenvalue weighted by Crippen LogP contribution is 2.39. The summed E-state index contributed by atoms with van der Waals surface area (Å²) in [5, 5.41) is 9.59. The van der Waals surface area contributed by atoms with Crippen LogP contribution in [-0.2, 0) is 20.9 Å². The van der Waals surface area contributed by atoms with E-state index in [1.165, 1.54) is 0 Å². The Morgan fingerprint density at radius 2 is 1.81 bits per heavy atom. The topological polar surface area (TPSA) is 94.6 Å². The summed E-state index contributed by atoms with van der Waals surface area (Å²) in [4.78, 5) is 12.5. The summed E-state index contributed by atoms with van der Waals surface area (Å²) in [7, 11) is 0. The average molecular weight is 444 g/mol. The zero-order valence-electron chi connectivity index (χ0n) is 17.2. The van der Waals surface area contributed by atoms with Crippen molar-refractivity contribution in [3.8, 4) is 11.8 Å². The average Bonchev–Trinajstić information content (AvgIpc) is 2.76. The van der Waals surface area contributed by atoms with Gasteiger partial charge in [0.15, 0.2) is 17.5 Å². The molecule has 0 fully saturated rings. The Bertz CT molecular complexity index is 1130. The Morgan fingerprint density at radius 3 is 2.38 bits per heavy atom. The Morgan fingerprint density at radius 1 is 1.19 bits per heavy atom. The monoisotopic (exact) mass is 444 g/mol. The van der Waals surface area contributed by atoms with Crippen LogP contribution in [0.25, 0.3) is 0 Å². The third-order valence-electron chi connectivity index (χ3n) is 4.78. The number of benzene rings is 2. The predicted molar refractivity (Wildman–Crippen MR) is 107 cm³/mol. The molecule has 0 aromatic heterocycles. The van der Waals surface area contributed by atoms with Crippen molar-refractivity contribution in [2.24, 2.45) is 5.73 Å². The third-order valence-corrected chi connectivity index (χ3v) is 4.78. The Labute approximate surface area is 182 Å². The number of nitriles is 1. The van der Waals surface area contributed by atoms with Crippen LogP contribution in [0.2, 0.25) is 0 Å². The smallest absolute Gasteiger partial charge is 0.338 e. The second-order valence-corrected chi connectivity index (χ2v) is 6.85. The molecular weight excluding hydrogens is 425 g/mol. The number of nitrogens with two attached hydrogens (primary N) is 1. The van der Waals surface area contributed by atoms with Crippen LogP contribution in [0, 0.1) is 28.8 Å². The lowest BCUT2D eigenvalue weighted by Crippen LogP contribution is -2.25. The number of hydrogen-bond acceptors (Lipinski definition) is 6. The second-order valence-electron chi connectivity index (χ2n) is 6.85. The van der Waals surface area contributed by atoms with E-state index >= 15 is 0 Å². The van der Waals surface area contributed by atoms with Crippen LogP contribution in [-0.4, -0.2) is 12.6 Å². The van der Waals surface area contributed by atoms with Crippen molar-refractivity contribution in [2.75, 3.05) is 6.61 Å². The summed E-state index contributed by atoms with van der Waals surface area (Å²) in [6.45, 7) is 3.31. The quantitative estimate of drug-likeness (QED) is 0.527. The van der Waals surface area contributed by atoms with Crippen molar-refractivity contribution in [2.45, 2.75) is 26.4 Å². The zero-order valence-corrected chi connectivity index (χ0v) is 17.2. The number of rotatable bonds is 6. The van der Waals surface area contributed by atoms with E-state index in [2.05, 4.69) is 0 Å². The van der Waals surface area contributed by atoms with Crippen LogP contribution in [0.1, 0.15) is 30.9 Å². The van der Waals surface area contributed by atoms with Gasteiger partial charge in [0, 0.05) is 12.1 Å². The number of carbonyl (C=O) groups excluding carboxylic acids is 1. The number of carbonyl (C=O) groups is 1. The van der Waals surface area contributed by atoms with Gasteiger partial charge >= 0.3 is 5.97 Å². The van der Waals surface area contributed by atoms with Gasteiger partial charge in [-0.1, -0.05) is 24.3 Å². The summed E-state index contributed by atoms with van der Waals surface area (Å²) in [5.41, 5.74) is 7.30. The molecule has 32 heavy (non-hydrogen) atoms. The van der Waals surface area contributed by atoms with Crippen LogP contribution in [0.5, 0.6) is 5.75 Å². The first-order chi connectivity index (χ1) is 15.3. The Kier molecular flexibility index (Phi) is 6.73. The highest BCUT2D eigenvalue weighted by molar-refractivity contribution is 5.92. The lowest BCUT2D eigenvalue weighted by atomic mass is 9.83. The summed E-state index contributed by atoms with van der Waals surface area (Å²) >= 11 is 0. The number of allylic oxidation sites excluding steroid dienone is 2. The molecule has 166 valence electrons. The molecule has 0 saturated carbocycles. The van der Waals surface area contributed by atoms with Gasteiger partial charge in [-0.2, -0.15) is 5.26 Å². The van der Waals surface area contributed by atoms with Crippen molar-refractivity contribution in [3.63, 3.8) is 0 Å². The predicted octanol–water partition coefficient (Wildman–Crippen LogP) is 4.33. The fourth-order valence-corrected chi connectivity index (χ4v) is 3.28. The zero-order chi connectivity index (χ0) is 23.4. The van der Waals surface area contributed by atoms with Gasteiger partial charge in [-0.3, -0.25) is 0 Å². The van der Waals surface area contributed by atoms with Crippen molar-refractivity contribution in [1.29, 1.82) is 5.26 Å². The first-order valence-corrected chi connectivity index (χ1v) is 9.58. The largest absolute Gasteiger partial charge is 0.489 e. The lowest BCUT2D eigenvalue weighted by molar-refractivity contribution is -0.139. The van der Waals surface area contributed by atoms with E-state index in [-0.39, 0.29) is 41.8 Å². The van der Waals surface area contributed by atoms with Crippen molar-refractivity contribution in [1.82, 2.24) is 0 Å². The maximum atomic E-state index is 13.3. The number of halogens is 3. The molecule has 1 unspecified atom stereocenters. The molecular formula is C23H19F3N2O4. The molecule has 2 aromatic carbocycles. The number of esters is 1. The molecule has 0 saturated heterocycles. The minimum absolute atomic E-state index is 0.0543. The van der Waals surface area contributed by atoms with E-state index in [4.69, 9.17) is 19.9 Å². The molecule has 1 aliphatic rings. The van der Waals surface area contributed by atoms with E-state index in [9.17, 15) is 23.2 Å². The fraction of sp³-hybridized carbons (Fsp3) is 0.217. The number of hydrogen-bond donors (Lipinski definition) is 1. The van der Waals surface area contributed by atoms with Gasteiger partial charge in [-0.25, -0.2) is 18.0 Å². The van der Waals surface area contributed by atoms with Gasteiger partial charge in [0.25, 0.3) is 0 Å². The Balaban J connectivity index is 1.86. The highest BCUT2D eigenvalue weighted by Gasteiger charge is 2.36. The van der Waals surface area contributed by atoms with E-state index in [0.717, 1.165) is 12.1 Å². The van der Waals surface area contributed by atoms with Crippen LogP contribution in [0.3, 0.4) is 0 Å². The SMILES string of the molecule is CCOC(=O)C1=C(C)OC(N)=C(C#N)C1c1ccc(COc2cc(F)c(F)c(F)c2)cc1. The minimum atomic E-state index is -1.57. The van der Waals surface area contributed by atoms with Crippen LogP contribution < -0.4 is 10.5 Å². The van der Waals surface area contributed by atoms with E-state index in [0.29, 0.717) is 11.1 Å². The van der Waals surface area contributed by atoms with Gasteiger partial charge in [-0.15, -0.1) is 0 Å². The van der Waals surface area contributed by atoms with Crippen LogP contribution >= 0.6 is 0 Å². The lowest BCUT2D eigenvalue weighted by Gasteiger charge is -2.27. The molecule has 2 aromatic rings. The van der Waals surface area contributed by atoms with E-state index < -0.39 is 29.3 Å². The van der Waals surface area contributed by atoms with Crippen molar-refractivity contribution in [3.05, 3.63) is 87.8 Å². The molecule has 0 spiro atoms. The van der Waals surface area contributed by atoms with Gasteiger partial charge in [0.2, 0.25) is 5.88 Å². The van der Waals surface area contributed by atoms with E-state index in [1.807, 2.05) is 6.07 Å². The summed E-state index contributed by atoms with van der Waals surface area (Å²) in [6.07, 6.45) is 0. The molecule has 0 bridgehead atoms. The third kappa shape index (κ3) is 4.54. The molecule has 0 aliphatic carbocycles. The molecule has 0 amide bonds. The first kappa shape index (κ1) is 22.7. The molecule has 0 radical (unpaired) electrons. The van der Waals surface area contributed by atoms with Crippen LogP contribution in [0.15, 0.2) is 59.2 Å². The maximum Gasteiger partial charge on any atom is 0.338 e. The molecule has 9 heteroatoms. The normalized spacial score (nSPS) is 15.8. The molecule has 1 heterocycles. The highest BCUT2D eigenvalue weighted by atomic mass is 19.2. The first-order valence-electron chi connectivity index (χ1n) is 9.58. The molecule has 3 rings (SSSR count). The van der Waals surface area contributed by atoms with Gasteiger partial charge < -0.3 is 19.9 Å². The maximum absolute atomic E-state index is 13.3. The summed E-state index contributed by atoms with van der Waals surface area (Å²) in [5.74, 6) is -5.71. The molecule has 1 aliphatic heterocycles. The van der Waals surface area contributed by atoms with Gasteiger partial charge in [0.1, 0.15) is 29.8 Å². The Hall–Kier alpha value is -3.93. The van der Waals surface area contributed by atoms with E-state index in [1.54, 1.807) is 38.1 Å². The minimum Gasteiger partial charge on any atom is -0.489 e. The van der Waals surface area contributed by atoms with Gasteiger partial charge in [0.05, 0.1) is 18.1 Å². The number of ether oxygens (including phenoxy) is 3. The molecule has 6 nitrogen and oxygen atoms in total. The summed E-state index contributed by atoms with van der Waals surface area (Å²) < 4.78 is 55.5. The van der Waals surface area contributed by atoms with Crippen molar-refractivity contribution >= 4 is 5.97 Å². The molecule has 1 atom stereocenters. The van der Waals surface area contributed by atoms with Crippen LogP contribution in [0.4, 0.5) is 13.2 Å². The summed E-state index contributed by atoms with van der Waals surface area (Å²) in [6, 6.07) is 10.1. The fourth-order valence-electron chi connectivity index (χ4n) is 3.28. The standard InChI is InChI=1S/C23H19F3N2O4/c1-3-30-23(29)19-12(2)32-22(28)16(10-27)20(19)14-6-4-13(5-7-14)11-31-15-8-17(24)21(26)18(25)9-15/h4-9,20H,3,11,28H2,1-2H3. The second kappa shape index (κ2) is 9.47. The van der Waals surface area contributed by atoms with Gasteiger partial charge in [-0.05, 0) is 25.0 Å². The van der Waals surface area contributed by atoms with Crippen molar-refractivity contribution < 1.29 is 32.2 Å².